The summed E-state index contributed by atoms with van der Waals surface area (Å²) in [6.07, 6.45) is 3.67. The lowest BCUT2D eigenvalue weighted by molar-refractivity contribution is 0.204. The van der Waals surface area contributed by atoms with Crippen LogP contribution in [0.1, 0.15) is 17.4 Å². The van der Waals surface area contributed by atoms with Crippen molar-refractivity contribution < 1.29 is 4.74 Å². The van der Waals surface area contributed by atoms with E-state index < -0.39 is 0 Å². The molecule has 2 aromatic rings. The molecule has 2 rings (SSSR count). The number of nitrogens with one attached hydrogen (secondary N) is 2. The number of aryl methyl sites for hydroxylation is 1. The zero-order valence-corrected chi connectivity index (χ0v) is 14.1. The van der Waals surface area contributed by atoms with Crippen molar-refractivity contribution >= 4 is 28.9 Å². The van der Waals surface area contributed by atoms with Gasteiger partial charge in [-0.1, -0.05) is 23.7 Å². The molecule has 22 heavy (non-hydrogen) atoms. The van der Waals surface area contributed by atoms with Crippen LogP contribution in [-0.2, 0) is 11.8 Å². The third-order valence-corrected chi connectivity index (χ3v) is 3.70. The number of halogens is 1. The van der Waals surface area contributed by atoms with E-state index in [1.807, 2.05) is 42.1 Å². The van der Waals surface area contributed by atoms with Crippen LogP contribution >= 0.6 is 23.8 Å². The van der Waals surface area contributed by atoms with Gasteiger partial charge in [0.2, 0.25) is 0 Å². The van der Waals surface area contributed by atoms with Crippen LogP contribution in [0.4, 0.5) is 0 Å². The molecule has 1 atom stereocenters. The number of rotatable bonds is 6. The van der Waals surface area contributed by atoms with E-state index in [1.165, 1.54) is 0 Å². The molecular formula is C15H19ClN4OS. The van der Waals surface area contributed by atoms with Crippen LogP contribution in [0.25, 0.3) is 0 Å². The minimum atomic E-state index is -0.153. The number of ether oxygens (including phenoxy) is 1. The number of methoxy groups -OCH3 is 1. The molecule has 5 nitrogen and oxygen atoms in total. The first-order chi connectivity index (χ1) is 10.6. The summed E-state index contributed by atoms with van der Waals surface area (Å²) >= 11 is 11.3. The predicted octanol–water partition coefficient (Wildman–Crippen LogP) is 2.27. The summed E-state index contributed by atoms with van der Waals surface area (Å²) in [5.41, 5.74) is 1.04. The van der Waals surface area contributed by atoms with Gasteiger partial charge < -0.3 is 19.9 Å². The second kappa shape index (κ2) is 8.12. The lowest BCUT2D eigenvalue weighted by Gasteiger charge is -2.21. The molecule has 0 radical (unpaired) electrons. The van der Waals surface area contributed by atoms with E-state index in [1.54, 1.807) is 13.3 Å². The minimum absolute atomic E-state index is 0.153. The van der Waals surface area contributed by atoms with Crippen LogP contribution in [0.15, 0.2) is 36.7 Å². The molecule has 1 aromatic carbocycles. The van der Waals surface area contributed by atoms with E-state index in [0.29, 0.717) is 23.3 Å². The van der Waals surface area contributed by atoms with E-state index >= 15 is 0 Å². The topological polar surface area (TPSA) is 51.1 Å². The summed E-state index contributed by atoms with van der Waals surface area (Å²) in [6, 6.07) is 7.49. The second-order valence-electron chi connectivity index (χ2n) is 4.77. The van der Waals surface area contributed by atoms with Crippen molar-refractivity contribution in [2.75, 3.05) is 20.3 Å². The Balaban J connectivity index is 2.17. The highest BCUT2D eigenvalue weighted by atomic mass is 35.5. The molecule has 7 heteroatoms. The van der Waals surface area contributed by atoms with Crippen LogP contribution in [0.5, 0.6) is 0 Å². The molecule has 0 spiro atoms. The molecule has 0 bridgehead atoms. The van der Waals surface area contributed by atoms with Gasteiger partial charge in [-0.05, 0) is 29.9 Å². The SMILES string of the molecule is COCCNC(=S)N[C@H](c1ccc(Cl)cc1)c1nccn1C. The minimum Gasteiger partial charge on any atom is -0.383 e. The van der Waals surface area contributed by atoms with Crippen molar-refractivity contribution in [1.82, 2.24) is 20.2 Å². The average Bonchev–Trinajstić information content (AvgIpc) is 2.92. The lowest BCUT2D eigenvalue weighted by atomic mass is 10.1. The first kappa shape index (κ1) is 16.7. The van der Waals surface area contributed by atoms with Crippen LogP contribution in [0, 0.1) is 0 Å². The summed E-state index contributed by atoms with van der Waals surface area (Å²) in [7, 11) is 3.61. The first-order valence-corrected chi connectivity index (χ1v) is 7.66. The van der Waals surface area contributed by atoms with E-state index in [9.17, 15) is 0 Å². The maximum Gasteiger partial charge on any atom is 0.167 e. The second-order valence-corrected chi connectivity index (χ2v) is 5.62. The molecule has 0 unspecified atom stereocenters. The Bertz CT molecular complexity index is 614. The monoisotopic (exact) mass is 338 g/mol. The van der Waals surface area contributed by atoms with E-state index in [2.05, 4.69) is 15.6 Å². The van der Waals surface area contributed by atoms with Crippen molar-refractivity contribution in [2.45, 2.75) is 6.04 Å². The highest BCUT2D eigenvalue weighted by molar-refractivity contribution is 7.80. The number of nitrogens with zero attached hydrogens (tertiary/aromatic N) is 2. The number of benzene rings is 1. The van der Waals surface area contributed by atoms with Gasteiger partial charge in [0.15, 0.2) is 5.11 Å². The molecule has 0 saturated heterocycles. The lowest BCUT2D eigenvalue weighted by Crippen LogP contribution is -2.40. The Labute approximate surface area is 140 Å². The molecule has 2 N–H and O–H groups in total. The number of thiocarbonyl (C=S) groups is 1. The van der Waals surface area contributed by atoms with Gasteiger partial charge in [0.25, 0.3) is 0 Å². The zero-order valence-electron chi connectivity index (χ0n) is 12.5. The van der Waals surface area contributed by atoms with Gasteiger partial charge in [0.05, 0.1) is 6.61 Å². The summed E-state index contributed by atoms with van der Waals surface area (Å²) < 4.78 is 6.97. The fourth-order valence-corrected chi connectivity index (χ4v) is 2.40. The quantitative estimate of drug-likeness (QED) is 0.625. The fourth-order valence-electron chi connectivity index (χ4n) is 2.06. The fraction of sp³-hybridized carbons (Fsp3) is 0.333. The Morgan fingerprint density at radius 3 is 2.73 bits per heavy atom. The van der Waals surface area contributed by atoms with Crippen molar-refractivity contribution in [2.24, 2.45) is 7.05 Å². The zero-order chi connectivity index (χ0) is 15.9. The van der Waals surface area contributed by atoms with Gasteiger partial charge in [-0.3, -0.25) is 0 Å². The summed E-state index contributed by atoms with van der Waals surface area (Å²) in [5, 5.41) is 7.65. The van der Waals surface area contributed by atoms with Gasteiger partial charge in [-0.25, -0.2) is 4.98 Å². The molecular weight excluding hydrogens is 320 g/mol. The molecule has 0 fully saturated rings. The molecule has 0 amide bonds. The predicted molar refractivity (Wildman–Crippen MR) is 92.1 cm³/mol. The van der Waals surface area contributed by atoms with Crippen molar-refractivity contribution in [1.29, 1.82) is 0 Å². The number of imidazole rings is 1. The van der Waals surface area contributed by atoms with E-state index in [-0.39, 0.29) is 6.04 Å². The summed E-state index contributed by atoms with van der Waals surface area (Å²) in [5.74, 6) is 0.873. The normalized spacial score (nSPS) is 12.0. The standard InChI is InChI=1S/C15H19ClN4OS/c1-20-9-7-17-14(20)13(11-3-5-12(16)6-4-11)19-15(22)18-8-10-21-2/h3-7,9,13H,8,10H2,1-2H3,(H2,18,19,22)/t13-/m1/s1. The third-order valence-electron chi connectivity index (χ3n) is 3.19. The van der Waals surface area contributed by atoms with Crippen LogP contribution in [0.3, 0.4) is 0 Å². The van der Waals surface area contributed by atoms with Gasteiger partial charge in [-0.2, -0.15) is 0 Å². The molecule has 0 aliphatic carbocycles. The Hall–Kier alpha value is -1.63. The Morgan fingerprint density at radius 1 is 1.41 bits per heavy atom. The van der Waals surface area contributed by atoms with E-state index in [0.717, 1.165) is 11.4 Å². The Kier molecular flexibility index (Phi) is 6.18. The smallest absolute Gasteiger partial charge is 0.167 e. The maximum atomic E-state index is 5.97. The van der Waals surface area contributed by atoms with Crippen LogP contribution < -0.4 is 10.6 Å². The van der Waals surface area contributed by atoms with Gasteiger partial charge in [-0.15, -0.1) is 0 Å². The number of hydrogen-bond donors (Lipinski definition) is 2. The number of hydrogen-bond acceptors (Lipinski definition) is 3. The van der Waals surface area contributed by atoms with Gasteiger partial charge in [0, 0.05) is 38.1 Å². The highest BCUT2D eigenvalue weighted by Gasteiger charge is 2.19. The van der Waals surface area contributed by atoms with E-state index in [4.69, 9.17) is 28.6 Å². The van der Waals surface area contributed by atoms with Gasteiger partial charge in [0.1, 0.15) is 11.9 Å². The molecule has 0 saturated carbocycles. The van der Waals surface area contributed by atoms with Crippen molar-refractivity contribution in [3.63, 3.8) is 0 Å². The number of aromatic nitrogens is 2. The molecule has 1 heterocycles. The van der Waals surface area contributed by atoms with Crippen LogP contribution in [-0.4, -0.2) is 34.9 Å². The molecule has 118 valence electrons. The Morgan fingerprint density at radius 2 is 2.14 bits per heavy atom. The van der Waals surface area contributed by atoms with Crippen molar-refractivity contribution in [3.05, 3.63) is 53.1 Å². The average molecular weight is 339 g/mol. The highest BCUT2D eigenvalue weighted by Crippen LogP contribution is 2.22. The maximum absolute atomic E-state index is 5.97. The largest absolute Gasteiger partial charge is 0.383 e. The molecule has 0 aliphatic rings. The third kappa shape index (κ3) is 4.43. The summed E-state index contributed by atoms with van der Waals surface area (Å²) in [6.45, 7) is 1.24. The van der Waals surface area contributed by atoms with Crippen molar-refractivity contribution in [3.8, 4) is 0 Å². The molecule has 1 aromatic heterocycles. The molecule has 0 aliphatic heterocycles. The first-order valence-electron chi connectivity index (χ1n) is 6.88. The summed E-state index contributed by atoms with van der Waals surface area (Å²) in [4.78, 5) is 4.42. The van der Waals surface area contributed by atoms with Crippen LogP contribution in [0.2, 0.25) is 5.02 Å². The van der Waals surface area contributed by atoms with Gasteiger partial charge >= 0.3 is 0 Å².